The van der Waals surface area contributed by atoms with E-state index in [1.807, 2.05) is 0 Å². The fourth-order valence-corrected chi connectivity index (χ4v) is 3.35. The van der Waals surface area contributed by atoms with Crippen molar-refractivity contribution in [2.24, 2.45) is 0 Å². The SMILES string of the molecule is COc1ncc2c(n1)C2c1cnc(SCc2ccc(F)cc2)[nH]c1=O. The van der Waals surface area contributed by atoms with Gasteiger partial charge in [0.05, 0.1) is 18.7 Å². The maximum absolute atomic E-state index is 12.9. The molecule has 0 saturated carbocycles. The predicted molar refractivity (Wildman–Crippen MR) is 90.3 cm³/mol. The fourth-order valence-electron chi connectivity index (χ4n) is 2.57. The molecular weight excluding hydrogens is 343 g/mol. The van der Waals surface area contributed by atoms with Crippen molar-refractivity contribution in [1.82, 2.24) is 19.9 Å². The van der Waals surface area contributed by atoms with Crippen LogP contribution in [0.25, 0.3) is 0 Å². The lowest BCUT2D eigenvalue weighted by Crippen LogP contribution is -2.14. The Morgan fingerprint density at radius 1 is 1.20 bits per heavy atom. The highest BCUT2D eigenvalue weighted by Crippen LogP contribution is 2.45. The second-order valence-corrected chi connectivity index (χ2v) is 6.48. The van der Waals surface area contributed by atoms with Gasteiger partial charge in [0, 0.05) is 29.3 Å². The summed E-state index contributed by atoms with van der Waals surface area (Å²) in [6.45, 7) is 0. The highest BCUT2D eigenvalue weighted by atomic mass is 32.2. The van der Waals surface area contributed by atoms with Gasteiger partial charge >= 0.3 is 6.01 Å². The number of thioether (sulfide) groups is 1. The van der Waals surface area contributed by atoms with Gasteiger partial charge in [-0.25, -0.2) is 14.4 Å². The van der Waals surface area contributed by atoms with Crippen molar-refractivity contribution in [3.63, 3.8) is 0 Å². The normalized spacial score (nSPS) is 14.9. The van der Waals surface area contributed by atoms with Crippen molar-refractivity contribution in [2.45, 2.75) is 16.8 Å². The van der Waals surface area contributed by atoms with E-state index in [1.54, 1.807) is 24.5 Å². The van der Waals surface area contributed by atoms with Gasteiger partial charge in [-0.2, -0.15) is 4.98 Å². The molecular formula is C17H13FN4O2S. The fraction of sp³-hybridized carbons (Fsp3) is 0.176. The van der Waals surface area contributed by atoms with E-state index in [0.29, 0.717) is 16.5 Å². The Morgan fingerprint density at radius 2 is 1.96 bits per heavy atom. The summed E-state index contributed by atoms with van der Waals surface area (Å²) < 4.78 is 17.9. The van der Waals surface area contributed by atoms with Gasteiger partial charge in [0.25, 0.3) is 5.56 Å². The molecule has 25 heavy (non-hydrogen) atoms. The number of hydrogen-bond donors (Lipinski definition) is 1. The summed E-state index contributed by atoms with van der Waals surface area (Å²) in [6, 6.07) is 6.53. The van der Waals surface area contributed by atoms with Crippen molar-refractivity contribution < 1.29 is 9.13 Å². The van der Waals surface area contributed by atoms with E-state index in [9.17, 15) is 9.18 Å². The van der Waals surface area contributed by atoms with Crippen molar-refractivity contribution in [2.75, 3.05) is 7.11 Å². The summed E-state index contributed by atoms with van der Waals surface area (Å²) in [5, 5.41) is 0.520. The third-order valence-electron chi connectivity index (χ3n) is 3.91. The first-order valence-corrected chi connectivity index (χ1v) is 8.51. The zero-order chi connectivity index (χ0) is 17.4. The Bertz CT molecular complexity index is 991. The Hall–Kier alpha value is -2.74. The van der Waals surface area contributed by atoms with Gasteiger partial charge < -0.3 is 9.72 Å². The van der Waals surface area contributed by atoms with Gasteiger partial charge in [-0.3, -0.25) is 4.79 Å². The van der Waals surface area contributed by atoms with E-state index in [1.165, 1.54) is 31.0 Å². The minimum absolute atomic E-state index is 0.163. The minimum Gasteiger partial charge on any atom is -0.467 e. The molecule has 6 nitrogen and oxygen atoms in total. The molecule has 1 aromatic carbocycles. The smallest absolute Gasteiger partial charge is 0.316 e. The number of benzene rings is 1. The number of fused-ring (bicyclic) bond motifs is 1. The third kappa shape index (κ3) is 3.12. The van der Waals surface area contributed by atoms with Crippen molar-refractivity contribution in [1.29, 1.82) is 0 Å². The summed E-state index contributed by atoms with van der Waals surface area (Å²) in [5.41, 5.74) is 3.02. The summed E-state index contributed by atoms with van der Waals surface area (Å²) in [6.07, 6.45) is 3.24. The molecule has 1 aliphatic rings. The number of nitrogens with one attached hydrogen (secondary N) is 1. The Morgan fingerprint density at radius 3 is 2.68 bits per heavy atom. The van der Waals surface area contributed by atoms with Crippen LogP contribution < -0.4 is 10.3 Å². The maximum Gasteiger partial charge on any atom is 0.316 e. The summed E-state index contributed by atoms with van der Waals surface area (Å²) in [7, 11) is 1.50. The van der Waals surface area contributed by atoms with Crippen molar-refractivity contribution >= 4 is 11.8 Å². The molecule has 0 bridgehead atoms. The maximum atomic E-state index is 12.9. The zero-order valence-electron chi connectivity index (χ0n) is 13.2. The lowest BCUT2D eigenvalue weighted by Gasteiger charge is -2.03. The number of rotatable bonds is 5. The highest BCUT2D eigenvalue weighted by molar-refractivity contribution is 7.98. The van der Waals surface area contributed by atoms with Crippen molar-refractivity contribution in [3.8, 4) is 6.01 Å². The number of nitrogens with zero attached hydrogens (tertiary/aromatic N) is 3. The predicted octanol–water partition coefficient (Wildman–Crippen LogP) is 2.49. The van der Waals surface area contributed by atoms with Crippen LogP contribution in [0.1, 0.15) is 28.3 Å². The van der Waals surface area contributed by atoms with Gasteiger partial charge in [-0.15, -0.1) is 0 Å². The van der Waals surface area contributed by atoms with Gasteiger partial charge in [0.1, 0.15) is 5.82 Å². The van der Waals surface area contributed by atoms with E-state index in [-0.39, 0.29) is 23.3 Å². The molecule has 1 atom stereocenters. The molecule has 1 aliphatic carbocycles. The molecule has 0 fully saturated rings. The number of methoxy groups -OCH3 is 1. The van der Waals surface area contributed by atoms with Gasteiger partial charge in [-0.1, -0.05) is 23.9 Å². The zero-order valence-corrected chi connectivity index (χ0v) is 14.0. The van der Waals surface area contributed by atoms with E-state index < -0.39 is 0 Å². The number of aromatic amines is 1. The molecule has 0 amide bonds. The van der Waals surface area contributed by atoms with Crippen LogP contribution in [0.5, 0.6) is 6.01 Å². The molecule has 4 rings (SSSR count). The van der Waals surface area contributed by atoms with Crippen LogP contribution in [0, 0.1) is 5.82 Å². The third-order valence-corrected chi connectivity index (χ3v) is 4.87. The first-order chi connectivity index (χ1) is 12.2. The Kier molecular flexibility index (Phi) is 3.96. The van der Waals surface area contributed by atoms with Gasteiger partial charge in [0.15, 0.2) is 5.16 Å². The van der Waals surface area contributed by atoms with Gasteiger partial charge in [0.2, 0.25) is 0 Å². The quantitative estimate of drug-likeness (QED) is 0.437. The van der Waals surface area contributed by atoms with Crippen LogP contribution in [-0.2, 0) is 5.75 Å². The number of halogens is 1. The van der Waals surface area contributed by atoms with E-state index in [4.69, 9.17) is 4.74 Å². The molecule has 1 unspecified atom stereocenters. The summed E-state index contributed by atoms with van der Waals surface area (Å²) in [5.74, 6) is 0.159. The molecule has 3 aromatic rings. The Labute approximate surface area is 146 Å². The first-order valence-electron chi connectivity index (χ1n) is 7.53. The average Bonchev–Trinajstić information content (AvgIpc) is 3.34. The second kappa shape index (κ2) is 6.29. The monoisotopic (exact) mass is 356 g/mol. The van der Waals surface area contributed by atoms with Crippen LogP contribution in [0.3, 0.4) is 0 Å². The average molecular weight is 356 g/mol. The lowest BCUT2D eigenvalue weighted by atomic mass is 10.2. The Balaban J connectivity index is 1.48. The molecule has 126 valence electrons. The molecule has 2 aromatic heterocycles. The minimum atomic E-state index is -0.270. The summed E-state index contributed by atoms with van der Waals surface area (Å²) in [4.78, 5) is 27.7. The molecule has 0 spiro atoms. The van der Waals surface area contributed by atoms with Crippen molar-refractivity contribution in [3.05, 3.63) is 75.2 Å². The number of H-pyrrole nitrogens is 1. The highest BCUT2D eigenvalue weighted by Gasteiger charge is 2.39. The van der Waals surface area contributed by atoms with E-state index >= 15 is 0 Å². The van der Waals surface area contributed by atoms with Crippen LogP contribution in [0.2, 0.25) is 0 Å². The van der Waals surface area contributed by atoms with Crippen LogP contribution in [0.4, 0.5) is 4.39 Å². The standard InChI is InChI=1S/C17H13FN4O2S/c1-24-16-19-6-11-13(14(11)21-16)12-7-20-17(22-15(12)23)25-8-9-2-4-10(18)5-3-9/h2-7,13H,8H2,1H3,(H,20,22,23). The van der Waals surface area contributed by atoms with E-state index in [0.717, 1.165) is 16.8 Å². The molecule has 0 aliphatic heterocycles. The summed E-state index contributed by atoms with van der Waals surface area (Å²) >= 11 is 1.39. The van der Waals surface area contributed by atoms with Crippen LogP contribution in [0.15, 0.2) is 46.6 Å². The molecule has 8 heteroatoms. The lowest BCUT2D eigenvalue weighted by molar-refractivity contribution is 0.380. The number of aromatic nitrogens is 4. The molecule has 0 saturated heterocycles. The first kappa shape index (κ1) is 15.8. The topological polar surface area (TPSA) is 80.8 Å². The van der Waals surface area contributed by atoms with Crippen LogP contribution >= 0.6 is 11.8 Å². The van der Waals surface area contributed by atoms with Crippen LogP contribution in [-0.4, -0.2) is 27.0 Å². The number of ether oxygens (including phenoxy) is 1. The molecule has 2 heterocycles. The molecule has 0 radical (unpaired) electrons. The van der Waals surface area contributed by atoms with Gasteiger partial charge in [-0.05, 0) is 17.7 Å². The number of hydrogen-bond acceptors (Lipinski definition) is 6. The second-order valence-electron chi connectivity index (χ2n) is 5.52. The molecule has 1 N–H and O–H groups in total. The largest absolute Gasteiger partial charge is 0.467 e. The van der Waals surface area contributed by atoms with E-state index in [2.05, 4.69) is 19.9 Å².